The van der Waals surface area contributed by atoms with Crippen LogP contribution in [0.1, 0.15) is 62.5 Å². The second-order valence-electron chi connectivity index (χ2n) is 9.07. The van der Waals surface area contributed by atoms with E-state index in [1.807, 2.05) is 0 Å². The van der Waals surface area contributed by atoms with Gasteiger partial charge in [-0.1, -0.05) is 32.1 Å². The summed E-state index contributed by atoms with van der Waals surface area (Å²) < 4.78 is 21.7. The van der Waals surface area contributed by atoms with Crippen LogP contribution in [0.4, 0.5) is 0 Å². The molecule has 0 aliphatic carbocycles. The van der Waals surface area contributed by atoms with Crippen molar-refractivity contribution in [2.45, 2.75) is 95.4 Å². The minimum Gasteiger partial charge on any atom is -0.504 e. The maximum atomic E-state index is 11.4. The summed E-state index contributed by atoms with van der Waals surface area (Å²) in [5.74, 6) is -2.46. The maximum absolute atomic E-state index is 11.4. The second-order valence-corrected chi connectivity index (χ2v) is 9.07. The van der Waals surface area contributed by atoms with E-state index in [0.717, 1.165) is 38.5 Å². The second kappa shape index (κ2) is 14.2. The zero-order valence-electron chi connectivity index (χ0n) is 21.4. The Morgan fingerprint density at radius 2 is 1.38 bits per heavy atom. The number of methoxy groups -OCH3 is 2. The van der Waals surface area contributed by atoms with E-state index in [0.29, 0.717) is 24.0 Å². The van der Waals surface area contributed by atoms with Gasteiger partial charge in [-0.2, -0.15) is 0 Å². The Morgan fingerprint density at radius 1 is 0.811 bits per heavy atom. The van der Waals surface area contributed by atoms with Gasteiger partial charge < -0.3 is 49.6 Å². The molecule has 1 heterocycles. The Bertz CT molecular complexity index is 918. The lowest BCUT2D eigenvalue weighted by molar-refractivity contribution is -0.271. The number of hydrogen-bond acceptors (Lipinski definition) is 10. The number of hydrogen-bond donors (Lipinski definition) is 6. The largest absolute Gasteiger partial charge is 0.504 e. The number of carboxylic acids is 2. The molecule has 1 fully saturated rings. The van der Waals surface area contributed by atoms with Crippen molar-refractivity contribution in [3.05, 3.63) is 11.1 Å². The van der Waals surface area contributed by atoms with Crippen LogP contribution < -0.4 is 14.2 Å². The molecule has 1 aromatic rings. The normalized spacial score (nSPS) is 23.5. The molecule has 0 spiro atoms. The number of phenols is 1. The van der Waals surface area contributed by atoms with Crippen molar-refractivity contribution < 1.29 is 59.2 Å². The zero-order chi connectivity index (χ0) is 27.7. The number of ether oxygens (including phenoxy) is 4. The number of unbranched alkanes of at least 4 members (excludes halogenated alkanes) is 6. The molecule has 12 nitrogen and oxygen atoms in total. The first-order chi connectivity index (χ1) is 17.5. The van der Waals surface area contributed by atoms with Gasteiger partial charge in [-0.3, -0.25) is 4.79 Å². The van der Waals surface area contributed by atoms with E-state index in [4.69, 9.17) is 24.1 Å². The molecule has 0 aromatic heterocycles. The Labute approximate surface area is 215 Å². The monoisotopic (exact) mass is 530 g/mol. The summed E-state index contributed by atoms with van der Waals surface area (Å²) in [6.07, 6.45) is -2.32. The topological polar surface area (TPSA) is 192 Å². The lowest BCUT2D eigenvalue weighted by Gasteiger charge is -2.39. The van der Waals surface area contributed by atoms with Gasteiger partial charge in [0.25, 0.3) is 0 Å². The highest BCUT2D eigenvalue weighted by Gasteiger charge is 2.48. The molecule has 1 aliphatic heterocycles. The zero-order valence-corrected chi connectivity index (χ0v) is 21.4. The van der Waals surface area contributed by atoms with E-state index in [2.05, 4.69) is 0 Å². The number of carboxylic acid groups (broad SMARTS) is 2. The summed E-state index contributed by atoms with van der Waals surface area (Å²) in [5, 5.41) is 59.3. The molecule has 0 amide bonds. The fraction of sp³-hybridized carbons (Fsp3) is 0.680. The van der Waals surface area contributed by atoms with E-state index >= 15 is 0 Å². The van der Waals surface area contributed by atoms with Crippen LogP contribution in [0.2, 0.25) is 0 Å². The number of aliphatic hydroxyl groups excluding tert-OH is 3. The number of benzene rings is 1. The number of aromatic hydroxyl groups is 1. The van der Waals surface area contributed by atoms with Crippen LogP contribution in [0.3, 0.4) is 0 Å². The van der Waals surface area contributed by atoms with Crippen molar-refractivity contribution in [2.75, 3.05) is 14.2 Å². The smallest absolute Gasteiger partial charge is 0.335 e. The van der Waals surface area contributed by atoms with Gasteiger partial charge in [0.1, 0.15) is 18.3 Å². The number of carbonyl (C=O) groups is 2. The van der Waals surface area contributed by atoms with Crippen LogP contribution in [0.15, 0.2) is 0 Å². The van der Waals surface area contributed by atoms with Crippen LogP contribution >= 0.6 is 0 Å². The Balaban J connectivity index is 2.15. The minimum absolute atomic E-state index is 0.00843. The fourth-order valence-corrected chi connectivity index (χ4v) is 4.38. The first kappa shape index (κ1) is 30.4. The van der Waals surface area contributed by atoms with Crippen LogP contribution in [0.25, 0.3) is 0 Å². The average Bonchev–Trinajstić information content (AvgIpc) is 2.85. The van der Waals surface area contributed by atoms with E-state index in [1.165, 1.54) is 14.2 Å². The Kier molecular flexibility index (Phi) is 11.7. The molecule has 6 N–H and O–H groups in total. The Morgan fingerprint density at radius 3 is 1.92 bits per heavy atom. The minimum atomic E-state index is -1.86. The third-order valence-electron chi connectivity index (χ3n) is 6.48. The molecule has 1 aromatic carbocycles. The summed E-state index contributed by atoms with van der Waals surface area (Å²) in [6, 6.07) is 0. The van der Waals surface area contributed by atoms with Crippen molar-refractivity contribution in [3.8, 4) is 23.0 Å². The van der Waals surface area contributed by atoms with Crippen LogP contribution in [0.5, 0.6) is 23.0 Å². The number of phenolic OH excluding ortho intramolecular Hbond substituents is 1. The summed E-state index contributed by atoms with van der Waals surface area (Å²) in [6.45, 7) is 1.66. The first-order valence-corrected chi connectivity index (χ1v) is 12.3. The molecule has 5 unspecified atom stereocenters. The standard InChI is InChI=1S/C25H38O12/c1-13-14(11-9-7-5-4-6-8-10-12-15(26)27)16(28)21(34-2)23(35-3)20(13)36-25-19(31)17(29)18(30)22(37-25)24(32)33/h17-19,22,25,28-31H,4-12H2,1-3H3,(H,26,27)(H,32,33). The maximum Gasteiger partial charge on any atom is 0.335 e. The molecule has 1 aliphatic rings. The number of rotatable bonds is 15. The molecule has 0 radical (unpaired) electrons. The van der Waals surface area contributed by atoms with Crippen molar-refractivity contribution in [1.82, 2.24) is 0 Å². The molecule has 0 saturated carbocycles. The molecule has 0 bridgehead atoms. The van der Waals surface area contributed by atoms with Crippen molar-refractivity contribution >= 4 is 11.9 Å². The summed E-state index contributed by atoms with van der Waals surface area (Å²) >= 11 is 0. The first-order valence-electron chi connectivity index (χ1n) is 12.3. The van der Waals surface area contributed by atoms with Gasteiger partial charge in [-0.05, 0) is 26.2 Å². The van der Waals surface area contributed by atoms with Crippen LogP contribution in [-0.2, 0) is 20.7 Å². The highest BCUT2D eigenvalue weighted by Crippen LogP contribution is 2.50. The van der Waals surface area contributed by atoms with Gasteiger partial charge in [0.2, 0.25) is 17.8 Å². The lowest BCUT2D eigenvalue weighted by atomic mass is 9.97. The summed E-state index contributed by atoms with van der Waals surface area (Å²) in [4.78, 5) is 22.0. The molecule has 5 atom stereocenters. The highest BCUT2D eigenvalue weighted by atomic mass is 16.7. The molecular weight excluding hydrogens is 492 g/mol. The van der Waals surface area contributed by atoms with E-state index in [-0.39, 0.29) is 29.4 Å². The molecule has 1 saturated heterocycles. The van der Waals surface area contributed by atoms with Gasteiger partial charge in [0, 0.05) is 17.5 Å². The number of aliphatic hydroxyl groups is 3. The predicted octanol–water partition coefficient (Wildman–Crippen LogP) is 1.74. The third kappa shape index (κ3) is 7.60. The molecule has 2 rings (SSSR count). The van der Waals surface area contributed by atoms with Gasteiger partial charge in [-0.15, -0.1) is 0 Å². The van der Waals surface area contributed by atoms with E-state index < -0.39 is 42.6 Å². The molecule has 210 valence electrons. The quantitative estimate of drug-likeness (QED) is 0.180. The summed E-state index contributed by atoms with van der Waals surface area (Å²) in [5.41, 5.74) is 0.960. The van der Waals surface area contributed by atoms with Gasteiger partial charge in [-0.25, -0.2) is 4.79 Å². The van der Waals surface area contributed by atoms with Crippen molar-refractivity contribution in [3.63, 3.8) is 0 Å². The van der Waals surface area contributed by atoms with Gasteiger partial charge in [0.05, 0.1) is 14.2 Å². The predicted molar refractivity (Wildman–Crippen MR) is 129 cm³/mol. The fourth-order valence-electron chi connectivity index (χ4n) is 4.38. The Hall–Kier alpha value is -2.80. The van der Waals surface area contributed by atoms with Crippen LogP contribution in [-0.4, -0.2) is 87.5 Å². The SMILES string of the molecule is COc1c(O)c(CCCCCCCCCC(=O)O)c(C)c(OC2OC(C(=O)O)C(O)C(O)C2O)c1OC. The molecular formula is C25H38O12. The molecule has 12 heteroatoms. The molecule has 37 heavy (non-hydrogen) atoms. The lowest BCUT2D eigenvalue weighted by Crippen LogP contribution is -2.61. The third-order valence-corrected chi connectivity index (χ3v) is 6.48. The highest BCUT2D eigenvalue weighted by molar-refractivity contribution is 5.73. The van der Waals surface area contributed by atoms with Gasteiger partial charge in [0.15, 0.2) is 17.6 Å². The van der Waals surface area contributed by atoms with E-state index in [1.54, 1.807) is 6.92 Å². The van der Waals surface area contributed by atoms with E-state index in [9.17, 15) is 35.1 Å². The number of aliphatic carboxylic acids is 2. The summed E-state index contributed by atoms with van der Waals surface area (Å²) in [7, 11) is 2.65. The van der Waals surface area contributed by atoms with Crippen molar-refractivity contribution in [2.24, 2.45) is 0 Å². The van der Waals surface area contributed by atoms with Crippen molar-refractivity contribution in [1.29, 1.82) is 0 Å². The average molecular weight is 531 g/mol. The van der Waals surface area contributed by atoms with Crippen LogP contribution in [0, 0.1) is 6.92 Å². The van der Waals surface area contributed by atoms with Gasteiger partial charge >= 0.3 is 11.9 Å².